The summed E-state index contributed by atoms with van der Waals surface area (Å²) in [5.41, 5.74) is 0.367. The quantitative estimate of drug-likeness (QED) is 0.610. The molecule has 1 aromatic rings. The van der Waals surface area contributed by atoms with E-state index in [1.54, 1.807) is 18.2 Å². The zero-order chi connectivity index (χ0) is 8.32. The first kappa shape index (κ1) is 8.54. The van der Waals surface area contributed by atoms with Crippen LogP contribution in [0.5, 0.6) is 0 Å². The molecule has 0 N–H and O–H groups in total. The van der Waals surface area contributed by atoms with Crippen molar-refractivity contribution in [2.45, 2.75) is 6.16 Å². The van der Waals surface area contributed by atoms with E-state index in [0.717, 1.165) is 0 Å². The van der Waals surface area contributed by atoms with Crippen LogP contribution >= 0.6 is 8.19 Å². The Morgan fingerprint density at radius 2 is 1.55 bits per heavy atom. The third kappa shape index (κ3) is 3.38. The number of benzene rings is 1. The molecule has 0 nitrogen and oxygen atoms in total. The number of hydrogen-bond donors (Lipinski definition) is 0. The SMILES string of the molecule is F[PH](F)(F)Cc1ccccc1. The van der Waals surface area contributed by atoms with Crippen molar-refractivity contribution >= 4 is 8.19 Å². The fraction of sp³-hybridized carbons (Fsp3) is 0.143. The fourth-order valence-corrected chi connectivity index (χ4v) is 1.53. The van der Waals surface area contributed by atoms with Crippen molar-refractivity contribution in [1.82, 2.24) is 0 Å². The summed E-state index contributed by atoms with van der Waals surface area (Å²) in [6.45, 7) is 0. The molecule has 1 aromatic carbocycles. The molecule has 0 bridgehead atoms. The van der Waals surface area contributed by atoms with Crippen LogP contribution in [0, 0.1) is 0 Å². The molecule has 11 heavy (non-hydrogen) atoms. The Morgan fingerprint density at radius 3 is 2.00 bits per heavy atom. The van der Waals surface area contributed by atoms with Gasteiger partial charge >= 0.3 is 62.8 Å². The summed E-state index contributed by atoms with van der Waals surface area (Å²) < 4.78 is 35.6. The van der Waals surface area contributed by atoms with Gasteiger partial charge in [-0.2, -0.15) is 0 Å². The second kappa shape index (κ2) is 3.22. The summed E-state index contributed by atoms with van der Waals surface area (Å²) in [6, 6.07) is 7.95. The fourth-order valence-electron chi connectivity index (χ4n) is 0.827. The van der Waals surface area contributed by atoms with Crippen LogP contribution in [-0.4, -0.2) is 0 Å². The van der Waals surface area contributed by atoms with E-state index in [-0.39, 0.29) is 0 Å². The maximum absolute atomic E-state index is 11.9. The average molecular weight is 180 g/mol. The zero-order valence-corrected chi connectivity index (χ0v) is 6.73. The van der Waals surface area contributed by atoms with Crippen molar-refractivity contribution < 1.29 is 12.6 Å². The first-order chi connectivity index (χ1) is 5.08. The molecule has 0 atom stereocenters. The van der Waals surface area contributed by atoms with E-state index in [0.29, 0.717) is 5.56 Å². The summed E-state index contributed by atoms with van der Waals surface area (Å²) in [7, 11) is -5.40. The van der Waals surface area contributed by atoms with Gasteiger partial charge < -0.3 is 0 Å². The minimum atomic E-state index is -5.40. The van der Waals surface area contributed by atoms with Crippen LogP contribution in [0.25, 0.3) is 0 Å². The minimum absolute atomic E-state index is 0.367. The van der Waals surface area contributed by atoms with Gasteiger partial charge in [0.25, 0.3) is 0 Å². The van der Waals surface area contributed by atoms with Crippen LogP contribution in [0.3, 0.4) is 0 Å². The molecule has 0 aliphatic carbocycles. The molecule has 0 aliphatic rings. The van der Waals surface area contributed by atoms with E-state index in [1.807, 2.05) is 0 Å². The molecule has 62 valence electrons. The third-order valence-electron chi connectivity index (χ3n) is 1.25. The van der Waals surface area contributed by atoms with Gasteiger partial charge in [-0.05, 0) is 0 Å². The van der Waals surface area contributed by atoms with Gasteiger partial charge in [-0.15, -0.1) is 0 Å². The Kier molecular flexibility index (Phi) is 2.50. The molecule has 0 spiro atoms. The van der Waals surface area contributed by atoms with Gasteiger partial charge in [0.05, 0.1) is 0 Å². The summed E-state index contributed by atoms with van der Waals surface area (Å²) in [6.07, 6.45) is -0.701. The van der Waals surface area contributed by atoms with Gasteiger partial charge in [-0.3, -0.25) is 0 Å². The van der Waals surface area contributed by atoms with E-state index in [2.05, 4.69) is 0 Å². The summed E-state index contributed by atoms with van der Waals surface area (Å²) >= 11 is 0. The molecule has 0 radical (unpaired) electrons. The van der Waals surface area contributed by atoms with Gasteiger partial charge in [0.15, 0.2) is 0 Å². The van der Waals surface area contributed by atoms with Crippen LogP contribution in [0.15, 0.2) is 30.3 Å². The zero-order valence-electron chi connectivity index (χ0n) is 5.73. The van der Waals surface area contributed by atoms with Crippen LogP contribution in [0.4, 0.5) is 12.6 Å². The maximum atomic E-state index is 11.9. The van der Waals surface area contributed by atoms with Crippen LogP contribution in [-0.2, 0) is 6.16 Å². The van der Waals surface area contributed by atoms with Crippen molar-refractivity contribution in [3.05, 3.63) is 35.9 Å². The van der Waals surface area contributed by atoms with Crippen molar-refractivity contribution in [2.24, 2.45) is 0 Å². The molecular formula is C7H8F3P. The van der Waals surface area contributed by atoms with Gasteiger partial charge in [-0.1, -0.05) is 0 Å². The van der Waals surface area contributed by atoms with E-state index in [1.165, 1.54) is 12.1 Å². The van der Waals surface area contributed by atoms with E-state index >= 15 is 0 Å². The molecule has 0 aliphatic heterocycles. The monoisotopic (exact) mass is 180 g/mol. The van der Waals surface area contributed by atoms with Gasteiger partial charge in [0.2, 0.25) is 0 Å². The molecule has 1 rings (SSSR count). The summed E-state index contributed by atoms with van der Waals surface area (Å²) in [4.78, 5) is 0. The normalized spacial score (nSPS) is 13.0. The molecule has 0 amide bonds. The Balaban J connectivity index is 2.66. The number of halogens is 3. The third-order valence-corrected chi connectivity index (χ3v) is 2.06. The molecule has 4 heteroatoms. The second-order valence-electron chi connectivity index (χ2n) is 2.28. The van der Waals surface area contributed by atoms with Crippen LogP contribution < -0.4 is 0 Å². The van der Waals surface area contributed by atoms with Crippen LogP contribution in [0.2, 0.25) is 0 Å². The molecule has 0 saturated heterocycles. The van der Waals surface area contributed by atoms with Crippen LogP contribution in [0.1, 0.15) is 5.56 Å². The molecule has 0 aromatic heterocycles. The standard InChI is InChI=1S/C7H8F3P/c8-11(9,10)6-7-4-2-1-3-5-7/h1-5,11H,6H2. The van der Waals surface area contributed by atoms with E-state index in [9.17, 15) is 12.6 Å². The molecular weight excluding hydrogens is 172 g/mol. The van der Waals surface area contributed by atoms with E-state index in [4.69, 9.17) is 0 Å². The van der Waals surface area contributed by atoms with Crippen molar-refractivity contribution in [1.29, 1.82) is 0 Å². The predicted molar refractivity (Wildman–Crippen MR) is 41.8 cm³/mol. The summed E-state index contributed by atoms with van der Waals surface area (Å²) in [5.74, 6) is 0. The number of hydrogen-bond acceptors (Lipinski definition) is 0. The van der Waals surface area contributed by atoms with Gasteiger partial charge in [0, 0.05) is 0 Å². The van der Waals surface area contributed by atoms with Crippen molar-refractivity contribution in [3.63, 3.8) is 0 Å². The Morgan fingerprint density at radius 1 is 1.00 bits per heavy atom. The van der Waals surface area contributed by atoms with Gasteiger partial charge in [0.1, 0.15) is 0 Å². The molecule has 0 fully saturated rings. The van der Waals surface area contributed by atoms with Crippen molar-refractivity contribution in [3.8, 4) is 0 Å². The number of rotatable bonds is 2. The topological polar surface area (TPSA) is 0 Å². The Labute approximate surface area is 63.7 Å². The average Bonchev–Trinajstić information content (AvgIpc) is 1.85. The van der Waals surface area contributed by atoms with Gasteiger partial charge in [-0.25, -0.2) is 0 Å². The first-order valence-electron chi connectivity index (χ1n) is 3.18. The van der Waals surface area contributed by atoms with Crippen molar-refractivity contribution in [2.75, 3.05) is 0 Å². The molecule has 0 saturated carbocycles. The Bertz CT molecular complexity index is 217. The second-order valence-corrected chi connectivity index (χ2v) is 3.86. The predicted octanol–water partition coefficient (Wildman–Crippen LogP) is 3.59. The molecule has 0 unspecified atom stereocenters. The van der Waals surface area contributed by atoms with E-state index < -0.39 is 14.4 Å². The first-order valence-corrected chi connectivity index (χ1v) is 5.03. The summed E-state index contributed by atoms with van der Waals surface area (Å²) in [5, 5.41) is 0. The molecule has 0 heterocycles. The Hall–Kier alpha value is -0.560.